The molecule has 0 aliphatic carbocycles. The van der Waals surface area contributed by atoms with Gasteiger partial charge in [0.25, 0.3) is 11.5 Å². The number of hydrogen-bond donors (Lipinski definition) is 0. The highest BCUT2D eigenvalue weighted by Crippen LogP contribution is 2.32. The zero-order chi connectivity index (χ0) is 16.8. The molecule has 3 heterocycles. The lowest BCUT2D eigenvalue weighted by atomic mass is 10.0. The lowest BCUT2D eigenvalue weighted by molar-refractivity contribution is 0.0988. The maximum Gasteiger partial charge on any atom is 0.268 e. The van der Waals surface area contributed by atoms with E-state index >= 15 is 0 Å². The van der Waals surface area contributed by atoms with Crippen LogP contribution in [0.25, 0.3) is 10.2 Å². The van der Waals surface area contributed by atoms with Gasteiger partial charge in [0, 0.05) is 19.3 Å². The third-order valence-electron chi connectivity index (χ3n) is 4.56. The second-order valence-electron chi connectivity index (χ2n) is 6.09. The van der Waals surface area contributed by atoms with Gasteiger partial charge in [-0.2, -0.15) is 0 Å². The molecule has 1 aliphatic rings. The molecule has 0 atom stereocenters. The van der Waals surface area contributed by atoms with E-state index in [1.807, 2.05) is 30.0 Å². The molecule has 1 aliphatic heterocycles. The monoisotopic (exact) mass is 339 g/mol. The minimum absolute atomic E-state index is 0.0373. The number of carbonyl (C=O) groups is 1. The summed E-state index contributed by atoms with van der Waals surface area (Å²) in [7, 11) is 1.67. The number of rotatable bonds is 1. The Bertz CT molecular complexity index is 1020. The Morgan fingerprint density at radius 3 is 2.92 bits per heavy atom. The summed E-state index contributed by atoms with van der Waals surface area (Å²) >= 11 is 1.31. The van der Waals surface area contributed by atoms with E-state index in [1.165, 1.54) is 27.8 Å². The molecule has 0 fully saturated rings. The SMILES string of the molecule is Cc1c(C(=O)N2CCCc3ccccc32)sc2ncn(C)c(=O)c12. The molecular formula is C18H17N3O2S. The number of aryl methyl sites for hydroxylation is 3. The fraction of sp³-hybridized carbons (Fsp3) is 0.278. The third-order valence-corrected chi connectivity index (χ3v) is 5.75. The molecule has 1 aromatic carbocycles. The third kappa shape index (κ3) is 2.17. The Hall–Kier alpha value is -2.47. The summed E-state index contributed by atoms with van der Waals surface area (Å²) < 4.78 is 1.45. The first-order chi connectivity index (χ1) is 11.6. The highest BCUT2D eigenvalue weighted by Gasteiger charge is 2.27. The number of benzene rings is 1. The normalized spacial score (nSPS) is 14.0. The first-order valence-corrected chi connectivity index (χ1v) is 8.74. The molecule has 24 heavy (non-hydrogen) atoms. The molecule has 2 aromatic heterocycles. The fourth-order valence-corrected chi connectivity index (χ4v) is 4.37. The molecule has 0 N–H and O–H groups in total. The number of para-hydroxylation sites is 1. The molecule has 0 spiro atoms. The van der Waals surface area contributed by atoms with Gasteiger partial charge in [-0.05, 0) is 37.0 Å². The molecule has 0 saturated carbocycles. The second kappa shape index (κ2) is 5.56. The summed E-state index contributed by atoms with van der Waals surface area (Å²) in [5.74, 6) is -0.0373. The summed E-state index contributed by atoms with van der Waals surface area (Å²) in [5.41, 5.74) is 2.81. The highest BCUT2D eigenvalue weighted by atomic mass is 32.1. The van der Waals surface area contributed by atoms with Crippen molar-refractivity contribution in [1.29, 1.82) is 0 Å². The second-order valence-corrected chi connectivity index (χ2v) is 7.09. The Balaban J connectivity index is 1.85. The van der Waals surface area contributed by atoms with Crippen molar-refractivity contribution in [3.8, 4) is 0 Å². The van der Waals surface area contributed by atoms with Crippen LogP contribution in [0.1, 0.15) is 27.2 Å². The molecule has 122 valence electrons. The van der Waals surface area contributed by atoms with Crippen LogP contribution in [0.3, 0.4) is 0 Å². The molecule has 0 radical (unpaired) electrons. The van der Waals surface area contributed by atoms with Gasteiger partial charge in [0.2, 0.25) is 0 Å². The standard InChI is InChI=1S/C18H17N3O2S/c1-11-14-16(19-10-20(2)17(14)22)24-15(11)18(23)21-9-5-7-12-6-3-4-8-13(12)21/h3-4,6,8,10H,5,7,9H2,1-2H3. The lowest BCUT2D eigenvalue weighted by Gasteiger charge is -2.29. The van der Waals surface area contributed by atoms with Crippen molar-refractivity contribution in [2.75, 3.05) is 11.4 Å². The molecule has 0 saturated heterocycles. The Labute approximate surface area is 143 Å². The maximum atomic E-state index is 13.1. The van der Waals surface area contributed by atoms with Crippen LogP contribution in [0.5, 0.6) is 0 Å². The predicted octanol–water partition coefficient (Wildman–Crippen LogP) is 2.90. The molecule has 3 aromatic rings. The van der Waals surface area contributed by atoms with Crippen LogP contribution in [0.2, 0.25) is 0 Å². The van der Waals surface area contributed by atoms with Crippen molar-refractivity contribution >= 4 is 33.1 Å². The van der Waals surface area contributed by atoms with Crippen LogP contribution >= 0.6 is 11.3 Å². The minimum Gasteiger partial charge on any atom is -0.307 e. The number of amides is 1. The number of anilines is 1. The number of thiophene rings is 1. The topological polar surface area (TPSA) is 55.2 Å². The van der Waals surface area contributed by atoms with Gasteiger partial charge in [0.05, 0.1) is 16.6 Å². The van der Waals surface area contributed by atoms with Crippen LogP contribution in [0.15, 0.2) is 35.4 Å². The van der Waals surface area contributed by atoms with Gasteiger partial charge in [-0.1, -0.05) is 18.2 Å². The van der Waals surface area contributed by atoms with E-state index in [4.69, 9.17) is 0 Å². The largest absolute Gasteiger partial charge is 0.307 e. The predicted molar refractivity (Wildman–Crippen MR) is 96.0 cm³/mol. The minimum atomic E-state index is -0.105. The van der Waals surface area contributed by atoms with E-state index in [9.17, 15) is 9.59 Å². The number of fused-ring (bicyclic) bond motifs is 2. The van der Waals surface area contributed by atoms with Crippen molar-refractivity contribution < 1.29 is 4.79 Å². The molecule has 4 rings (SSSR count). The van der Waals surface area contributed by atoms with E-state index in [2.05, 4.69) is 11.1 Å². The van der Waals surface area contributed by atoms with Crippen LogP contribution in [-0.4, -0.2) is 22.0 Å². The molecule has 0 bridgehead atoms. The van der Waals surface area contributed by atoms with Crippen molar-refractivity contribution in [3.05, 3.63) is 57.0 Å². The van der Waals surface area contributed by atoms with E-state index in [-0.39, 0.29) is 11.5 Å². The van der Waals surface area contributed by atoms with Crippen LogP contribution in [0, 0.1) is 6.92 Å². The molecule has 6 heteroatoms. The van der Waals surface area contributed by atoms with Crippen LogP contribution in [0.4, 0.5) is 5.69 Å². The van der Waals surface area contributed by atoms with Gasteiger partial charge in [-0.15, -0.1) is 11.3 Å². The van der Waals surface area contributed by atoms with Gasteiger partial charge in [0.15, 0.2) is 0 Å². The fourth-order valence-electron chi connectivity index (χ4n) is 3.28. The number of carbonyl (C=O) groups excluding carboxylic acids is 1. The van der Waals surface area contributed by atoms with Crippen molar-refractivity contribution in [2.24, 2.45) is 7.05 Å². The van der Waals surface area contributed by atoms with Gasteiger partial charge in [-0.3, -0.25) is 9.59 Å². The summed E-state index contributed by atoms with van der Waals surface area (Å²) in [4.78, 5) is 32.9. The van der Waals surface area contributed by atoms with Gasteiger partial charge in [-0.25, -0.2) is 4.98 Å². The Morgan fingerprint density at radius 1 is 1.29 bits per heavy atom. The average molecular weight is 339 g/mol. The van der Waals surface area contributed by atoms with E-state index in [0.29, 0.717) is 21.6 Å². The molecule has 0 unspecified atom stereocenters. The van der Waals surface area contributed by atoms with E-state index in [1.54, 1.807) is 7.05 Å². The Morgan fingerprint density at radius 2 is 2.08 bits per heavy atom. The van der Waals surface area contributed by atoms with Gasteiger partial charge >= 0.3 is 0 Å². The van der Waals surface area contributed by atoms with Crippen molar-refractivity contribution in [1.82, 2.24) is 9.55 Å². The summed E-state index contributed by atoms with van der Waals surface area (Å²) in [6.07, 6.45) is 3.45. The maximum absolute atomic E-state index is 13.1. The van der Waals surface area contributed by atoms with Crippen molar-refractivity contribution in [3.63, 3.8) is 0 Å². The molecular weight excluding hydrogens is 322 g/mol. The lowest BCUT2D eigenvalue weighted by Crippen LogP contribution is -2.35. The number of nitrogens with zero attached hydrogens (tertiary/aromatic N) is 3. The first kappa shape index (κ1) is 15.1. The van der Waals surface area contributed by atoms with Gasteiger partial charge < -0.3 is 9.47 Å². The zero-order valence-electron chi connectivity index (χ0n) is 13.6. The summed E-state index contributed by atoms with van der Waals surface area (Å²) in [5, 5.41) is 0.554. The number of hydrogen-bond acceptors (Lipinski definition) is 4. The van der Waals surface area contributed by atoms with Crippen LogP contribution < -0.4 is 10.5 Å². The molecule has 5 nitrogen and oxygen atoms in total. The van der Waals surface area contributed by atoms with E-state index < -0.39 is 0 Å². The average Bonchev–Trinajstić information content (AvgIpc) is 2.94. The first-order valence-electron chi connectivity index (χ1n) is 7.92. The van der Waals surface area contributed by atoms with Gasteiger partial charge in [0.1, 0.15) is 4.83 Å². The summed E-state index contributed by atoms with van der Waals surface area (Å²) in [6, 6.07) is 8.03. The summed E-state index contributed by atoms with van der Waals surface area (Å²) in [6.45, 7) is 2.54. The smallest absolute Gasteiger partial charge is 0.268 e. The van der Waals surface area contributed by atoms with E-state index in [0.717, 1.165) is 24.1 Å². The van der Waals surface area contributed by atoms with Crippen molar-refractivity contribution in [2.45, 2.75) is 19.8 Å². The molecule has 1 amide bonds. The quantitative estimate of drug-likeness (QED) is 0.685. The zero-order valence-corrected chi connectivity index (χ0v) is 14.4. The Kier molecular flexibility index (Phi) is 3.49. The number of aromatic nitrogens is 2. The van der Waals surface area contributed by atoms with Crippen LogP contribution in [-0.2, 0) is 13.5 Å². The highest BCUT2D eigenvalue weighted by molar-refractivity contribution is 7.20.